The molecule has 1 saturated heterocycles. The van der Waals surface area contributed by atoms with E-state index in [9.17, 15) is 4.79 Å². The van der Waals surface area contributed by atoms with Gasteiger partial charge in [-0.25, -0.2) is 15.0 Å². The van der Waals surface area contributed by atoms with E-state index in [1.807, 2.05) is 27.7 Å². The Labute approximate surface area is 236 Å². The van der Waals surface area contributed by atoms with E-state index < -0.39 is 5.91 Å². The van der Waals surface area contributed by atoms with E-state index in [4.69, 9.17) is 25.6 Å². The molecule has 0 saturated carbocycles. The lowest BCUT2D eigenvalue weighted by atomic mass is 9.93. The Morgan fingerprint density at radius 1 is 1.35 bits per heavy atom. The average Bonchev–Trinajstić information content (AvgIpc) is 3.36. The molecule has 214 valence electrons. The van der Waals surface area contributed by atoms with Crippen molar-refractivity contribution in [3.8, 4) is 0 Å². The Morgan fingerprint density at radius 2 is 2.10 bits per heavy atom. The Kier molecular flexibility index (Phi) is 10.0. The molecule has 2 heterocycles. The van der Waals surface area contributed by atoms with Crippen LogP contribution < -0.4 is 21.3 Å². The third-order valence-corrected chi connectivity index (χ3v) is 6.46. The number of rotatable bonds is 10. The number of amidine groups is 2. The fraction of sp³-hybridized carbons (Fsp3) is 0.414. The van der Waals surface area contributed by atoms with Crippen LogP contribution in [0.4, 0.5) is 17.3 Å². The molecule has 1 atom stereocenters. The van der Waals surface area contributed by atoms with Gasteiger partial charge >= 0.3 is 0 Å². The van der Waals surface area contributed by atoms with Crippen LogP contribution in [0.3, 0.4) is 0 Å². The molecular formula is C29H40N8O3. The summed E-state index contributed by atoms with van der Waals surface area (Å²) < 4.78 is 10.8. The molecule has 0 spiro atoms. The number of aryl methyl sites for hydroxylation is 1. The highest BCUT2D eigenvalue weighted by atomic mass is 16.5. The second-order valence-electron chi connectivity index (χ2n) is 10.6. The van der Waals surface area contributed by atoms with Crippen molar-refractivity contribution < 1.29 is 14.3 Å². The van der Waals surface area contributed by atoms with Gasteiger partial charge in [0, 0.05) is 30.7 Å². The number of methoxy groups -OCH3 is 2. The Morgan fingerprint density at radius 3 is 2.75 bits per heavy atom. The Balaban J connectivity index is 1.91. The summed E-state index contributed by atoms with van der Waals surface area (Å²) in [7, 11) is 3.23. The summed E-state index contributed by atoms with van der Waals surface area (Å²) in [5.74, 6) is 0.753. The fourth-order valence-electron chi connectivity index (χ4n) is 4.38. The van der Waals surface area contributed by atoms with Crippen LogP contribution in [0.1, 0.15) is 55.2 Å². The van der Waals surface area contributed by atoms with Crippen molar-refractivity contribution in [3.63, 3.8) is 0 Å². The highest BCUT2D eigenvalue weighted by molar-refractivity contribution is 6.09. The van der Waals surface area contributed by atoms with Gasteiger partial charge in [-0.15, -0.1) is 0 Å². The zero-order valence-corrected chi connectivity index (χ0v) is 24.2. The van der Waals surface area contributed by atoms with Crippen LogP contribution in [0.25, 0.3) is 0 Å². The number of carbonyl (C=O) groups excluding carboxylic acids is 1. The number of amides is 1. The van der Waals surface area contributed by atoms with Crippen molar-refractivity contribution in [3.05, 3.63) is 65.8 Å². The van der Waals surface area contributed by atoms with Crippen molar-refractivity contribution in [2.45, 2.75) is 46.6 Å². The Hall–Kier alpha value is -4.25. The molecule has 11 heteroatoms. The van der Waals surface area contributed by atoms with Gasteiger partial charge in [0.05, 0.1) is 37.3 Å². The van der Waals surface area contributed by atoms with Crippen molar-refractivity contribution in [2.24, 2.45) is 16.1 Å². The maximum atomic E-state index is 12.9. The molecule has 1 aliphatic heterocycles. The van der Waals surface area contributed by atoms with Gasteiger partial charge in [0.25, 0.3) is 5.91 Å². The van der Waals surface area contributed by atoms with Gasteiger partial charge in [0.1, 0.15) is 17.3 Å². The van der Waals surface area contributed by atoms with Crippen LogP contribution in [0.15, 0.2) is 54.0 Å². The lowest BCUT2D eigenvalue weighted by molar-refractivity contribution is 0.0977. The molecule has 0 unspecified atom stereocenters. The van der Waals surface area contributed by atoms with Crippen LogP contribution in [0.5, 0.6) is 0 Å². The summed E-state index contributed by atoms with van der Waals surface area (Å²) in [6, 6.07) is 5.27. The number of carbonyl (C=O) groups is 1. The van der Waals surface area contributed by atoms with Crippen LogP contribution >= 0.6 is 0 Å². The first-order valence-corrected chi connectivity index (χ1v) is 13.1. The minimum absolute atomic E-state index is 0.0794. The zero-order chi connectivity index (χ0) is 29.4. The molecule has 1 amide bonds. The van der Waals surface area contributed by atoms with Crippen molar-refractivity contribution in [1.82, 2.24) is 15.3 Å². The predicted octanol–water partition coefficient (Wildman–Crippen LogP) is 4.28. The van der Waals surface area contributed by atoms with Crippen LogP contribution in [0, 0.1) is 17.7 Å². The van der Waals surface area contributed by atoms with Gasteiger partial charge in [0.15, 0.2) is 5.84 Å². The van der Waals surface area contributed by atoms with Crippen molar-refractivity contribution in [1.29, 1.82) is 5.41 Å². The minimum Gasteiger partial charge on any atom is -0.500 e. The number of ether oxygens (including phenoxy) is 2. The first kappa shape index (κ1) is 30.3. The second-order valence-corrected chi connectivity index (χ2v) is 10.6. The number of aromatic nitrogens is 2. The molecule has 1 aromatic heterocycles. The van der Waals surface area contributed by atoms with Crippen molar-refractivity contribution in [2.75, 3.05) is 37.6 Å². The molecule has 11 nitrogen and oxygen atoms in total. The number of anilines is 2. The van der Waals surface area contributed by atoms with Gasteiger partial charge in [-0.2, -0.15) is 0 Å². The number of nitrogens with one attached hydrogen (secondary N) is 3. The zero-order valence-electron chi connectivity index (χ0n) is 24.2. The molecule has 40 heavy (non-hydrogen) atoms. The number of hydrogen-bond acceptors (Lipinski definition) is 9. The topological polar surface area (TPSA) is 151 Å². The third kappa shape index (κ3) is 7.44. The first-order valence-electron chi connectivity index (χ1n) is 13.1. The van der Waals surface area contributed by atoms with Gasteiger partial charge < -0.3 is 30.7 Å². The van der Waals surface area contributed by atoms with E-state index in [2.05, 4.69) is 32.1 Å². The van der Waals surface area contributed by atoms with E-state index in [0.717, 1.165) is 24.9 Å². The standard InChI is InChI=1S/C29H40N8O3/c1-8-32-22-16-33-28(37-13-9-10-20(37)17-39-6)36-25(22)26(31)34-21-14-19(12-11-18(21)2)27(38)35-24(30)15-23(40-7)29(3,4)5/h8,11-12,14-16,20,32H,1,9-10,13,17H2,2-7H3,(H2,31,34)(H2,30,35,38)/b23-15-/t20-/m0/s1. The number of nitrogens with two attached hydrogens (primary N) is 1. The fourth-order valence-corrected chi connectivity index (χ4v) is 4.38. The smallest absolute Gasteiger partial charge is 0.256 e. The summed E-state index contributed by atoms with van der Waals surface area (Å²) >= 11 is 0. The minimum atomic E-state index is -0.447. The highest BCUT2D eigenvalue weighted by Gasteiger charge is 2.27. The van der Waals surface area contributed by atoms with Gasteiger partial charge in [-0.1, -0.05) is 33.4 Å². The molecule has 1 aliphatic rings. The van der Waals surface area contributed by atoms with E-state index in [-0.39, 0.29) is 23.1 Å². The lowest BCUT2D eigenvalue weighted by Gasteiger charge is -2.24. The van der Waals surface area contributed by atoms with Crippen molar-refractivity contribution >= 4 is 34.9 Å². The summed E-state index contributed by atoms with van der Waals surface area (Å²) in [4.78, 5) is 29.0. The highest BCUT2D eigenvalue weighted by Crippen LogP contribution is 2.27. The SMILES string of the molecule is C=CNc1cnc(N2CCC[C@H]2COC)nc1C(N)=Nc1cc(C(=O)NC(=N)/C=C(\OC)C(C)(C)C)ccc1C. The lowest BCUT2D eigenvalue weighted by Crippen LogP contribution is -2.34. The number of nitrogens with zero attached hydrogens (tertiary/aromatic N) is 4. The predicted molar refractivity (Wildman–Crippen MR) is 159 cm³/mol. The summed E-state index contributed by atoms with van der Waals surface area (Å²) in [5.41, 5.74) is 8.81. The Bertz CT molecular complexity index is 1310. The normalized spacial score (nSPS) is 16.1. The molecule has 5 N–H and O–H groups in total. The van der Waals surface area contributed by atoms with E-state index in [1.165, 1.54) is 12.3 Å². The van der Waals surface area contributed by atoms with Gasteiger partial charge in [0.2, 0.25) is 5.95 Å². The van der Waals surface area contributed by atoms with E-state index in [0.29, 0.717) is 40.9 Å². The summed E-state index contributed by atoms with van der Waals surface area (Å²) in [5, 5.41) is 13.8. The summed E-state index contributed by atoms with van der Waals surface area (Å²) in [6.45, 7) is 12.9. The van der Waals surface area contributed by atoms with Crippen LogP contribution in [-0.2, 0) is 9.47 Å². The average molecular weight is 549 g/mol. The molecular weight excluding hydrogens is 508 g/mol. The number of benzene rings is 1. The largest absolute Gasteiger partial charge is 0.500 e. The summed E-state index contributed by atoms with van der Waals surface area (Å²) in [6.07, 6.45) is 6.69. The molecule has 2 aromatic rings. The molecule has 1 aromatic carbocycles. The maximum absolute atomic E-state index is 12.9. The second kappa shape index (κ2) is 13.2. The van der Waals surface area contributed by atoms with E-state index in [1.54, 1.807) is 38.6 Å². The number of aliphatic imine (C=N–C) groups is 1. The first-order chi connectivity index (χ1) is 19.0. The molecule has 0 aliphatic carbocycles. The van der Waals surface area contributed by atoms with E-state index >= 15 is 0 Å². The molecule has 3 rings (SSSR count). The third-order valence-electron chi connectivity index (χ3n) is 6.46. The molecule has 0 bridgehead atoms. The maximum Gasteiger partial charge on any atom is 0.256 e. The van der Waals surface area contributed by atoms with Crippen LogP contribution in [-0.4, -0.2) is 61.0 Å². The molecule has 0 radical (unpaired) electrons. The quantitative estimate of drug-likeness (QED) is 0.195. The van der Waals surface area contributed by atoms with Gasteiger partial charge in [-0.05, 0) is 43.7 Å². The van der Waals surface area contributed by atoms with Crippen LogP contribution in [0.2, 0.25) is 0 Å². The number of allylic oxidation sites excluding steroid dienone is 1. The molecule has 1 fully saturated rings. The van der Waals surface area contributed by atoms with Gasteiger partial charge in [-0.3, -0.25) is 10.2 Å². The number of hydrogen-bond donors (Lipinski definition) is 4. The monoisotopic (exact) mass is 548 g/mol.